The zero-order chi connectivity index (χ0) is 13.6. The van der Waals surface area contributed by atoms with E-state index in [9.17, 15) is 9.90 Å². The SMILES string of the molecule is O=C(O)c1c2c(nc3c(Cl)c(Cl)ccc13)CCCC2. The molecule has 1 aliphatic rings. The summed E-state index contributed by atoms with van der Waals surface area (Å²) in [6.45, 7) is 0. The van der Waals surface area contributed by atoms with E-state index in [0.717, 1.165) is 36.9 Å². The van der Waals surface area contributed by atoms with Gasteiger partial charge in [0.15, 0.2) is 0 Å². The molecule has 1 aromatic heterocycles. The van der Waals surface area contributed by atoms with Gasteiger partial charge >= 0.3 is 5.97 Å². The average molecular weight is 296 g/mol. The lowest BCUT2D eigenvalue weighted by Crippen LogP contribution is -2.13. The fourth-order valence-electron chi connectivity index (χ4n) is 2.67. The number of hydrogen-bond acceptors (Lipinski definition) is 2. The summed E-state index contributed by atoms with van der Waals surface area (Å²) in [5.74, 6) is -0.927. The maximum Gasteiger partial charge on any atom is 0.336 e. The molecule has 1 N–H and O–H groups in total. The molecule has 0 fully saturated rings. The minimum atomic E-state index is -0.927. The highest BCUT2D eigenvalue weighted by molar-refractivity contribution is 6.45. The van der Waals surface area contributed by atoms with Crippen LogP contribution in [-0.4, -0.2) is 16.1 Å². The molecule has 0 spiro atoms. The van der Waals surface area contributed by atoms with Crippen LogP contribution in [-0.2, 0) is 12.8 Å². The third-order valence-electron chi connectivity index (χ3n) is 3.54. The minimum absolute atomic E-state index is 0.329. The summed E-state index contributed by atoms with van der Waals surface area (Å²) >= 11 is 12.1. The second-order valence-corrected chi connectivity index (χ2v) is 5.47. The molecule has 3 nitrogen and oxygen atoms in total. The zero-order valence-corrected chi connectivity index (χ0v) is 11.6. The van der Waals surface area contributed by atoms with E-state index in [4.69, 9.17) is 23.2 Å². The molecule has 0 saturated carbocycles. The first-order valence-electron chi connectivity index (χ1n) is 6.12. The van der Waals surface area contributed by atoms with Gasteiger partial charge in [0.05, 0.1) is 21.1 Å². The van der Waals surface area contributed by atoms with Crippen LogP contribution in [0.5, 0.6) is 0 Å². The van der Waals surface area contributed by atoms with Gasteiger partial charge < -0.3 is 5.11 Å². The lowest BCUT2D eigenvalue weighted by Gasteiger charge is -2.19. The predicted molar refractivity (Wildman–Crippen MR) is 75.4 cm³/mol. The molecule has 0 bridgehead atoms. The van der Waals surface area contributed by atoms with Crippen LogP contribution in [0, 0.1) is 0 Å². The Labute approximate surface area is 120 Å². The first kappa shape index (κ1) is 12.7. The Morgan fingerprint density at radius 2 is 1.95 bits per heavy atom. The summed E-state index contributed by atoms with van der Waals surface area (Å²) in [5, 5.41) is 10.8. The molecule has 0 amide bonds. The lowest BCUT2D eigenvalue weighted by atomic mass is 9.90. The second-order valence-electron chi connectivity index (χ2n) is 4.68. The summed E-state index contributed by atoms with van der Waals surface area (Å²) in [5.41, 5.74) is 2.52. The maximum absolute atomic E-state index is 11.6. The number of carboxylic acids is 1. The summed E-state index contributed by atoms with van der Waals surface area (Å²) < 4.78 is 0. The number of carbonyl (C=O) groups is 1. The Morgan fingerprint density at radius 1 is 1.21 bits per heavy atom. The molecule has 0 radical (unpaired) electrons. The number of benzene rings is 1. The van der Waals surface area contributed by atoms with Gasteiger partial charge in [-0.15, -0.1) is 0 Å². The fraction of sp³-hybridized carbons (Fsp3) is 0.286. The number of aromatic carboxylic acids is 1. The van der Waals surface area contributed by atoms with Crippen LogP contribution >= 0.6 is 23.2 Å². The van der Waals surface area contributed by atoms with Crippen molar-refractivity contribution in [1.29, 1.82) is 0 Å². The van der Waals surface area contributed by atoms with E-state index in [2.05, 4.69) is 4.98 Å². The van der Waals surface area contributed by atoms with Crippen LogP contribution in [0.3, 0.4) is 0 Å². The van der Waals surface area contributed by atoms with Crippen LogP contribution in [0.15, 0.2) is 12.1 Å². The molecule has 0 saturated heterocycles. The van der Waals surface area contributed by atoms with Gasteiger partial charge in [-0.1, -0.05) is 29.3 Å². The molecule has 1 heterocycles. The van der Waals surface area contributed by atoms with Gasteiger partial charge in [-0.25, -0.2) is 4.79 Å². The molecule has 2 aromatic rings. The van der Waals surface area contributed by atoms with Crippen molar-refractivity contribution in [2.75, 3.05) is 0 Å². The Bertz CT molecular complexity index is 698. The highest BCUT2D eigenvalue weighted by atomic mass is 35.5. The van der Waals surface area contributed by atoms with Crippen molar-refractivity contribution < 1.29 is 9.90 Å². The molecule has 19 heavy (non-hydrogen) atoms. The van der Waals surface area contributed by atoms with Crippen molar-refractivity contribution in [3.63, 3.8) is 0 Å². The largest absolute Gasteiger partial charge is 0.478 e. The van der Waals surface area contributed by atoms with Gasteiger partial charge in [-0.2, -0.15) is 0 Å². The fourth-order valence-corrected chi connectivity index (χ4v) is 3.03. The second kappa shape index (κ2) is 4.66. The van der Waals surface area contributed by atoms with E-state index in [0.29, 0.717) is 26.5 Å². The number of aryl methyl sites for hydroxylation is 1. The van der Waals surface area contributed by atoms with Gasteiger partial charge in [0.25, 0.3) is 0 Å². The van der Waals surface area contributed by atoms with Crippen molar-refractivity contribution in [2.24, 2.45) is 0 Å². The van der Waals surface area contributed by atoms with Gasteiger partial charge in [-0.05, 0) is 37.3 Å². The van der Waals surface area contributed by atoms with E-state index in [-0.39, 0.29) is 0 Å². The Morgan fingerprint density at radius 3 is 2.68 bits per heavy atom. The quantitative estimate of drug-likeness (QED) is 0.861. The number of rotatable bonds is 1. The maximum atomic E-state index is 11.6. The number of fused-ring (bicyclic) bond motifs is 2. The molecule has 3 rings (SSSR count). The highest BCUT2D eigenvalue weighted by Crippen LogP contribution is 2.35. The first-order valence-corrected chi connectivity index (χ1v) is 6.88. The standard InChI is InChI=1S/C14H11Cl2NO2/c15-9-6-5-8-11(14(18)19)7-3-1-2-4-10(7)17-13(8)12(9)16/h5-6H,1-4H2,(H,18,19). The molecule has 0 aliphatic heterocycles. The number of halogens is 2. The number of pyridine rings is 1. The number of aromatic nitrogens is 1. The minimum Gasteiger partial charge on any atom is -0.478 e. The van der Waals surface area contributed by atoms with Gasteiger partial charge in [-0.3, -0.25) is 4.98 Å². The lowest BCUT2D eigenvalue weighted by molar-refractivity contribution is 0.0697. The van der Waals surface area contributed by atoms with Crippen molar-refractivity contribution in [2.45, 2.75) is 25.7 Å². The van der Waals surface area contributed by atoms with Crippen LogP contribution < -0.4 is 0 Å². The predicted octanol–water partition coefficient (Wildman–Crippen LogP) is 4.12. The van der Waals surface area contributed by atoms with E-state index < -0.39 is 5.97 Å². The number of nitrogens with zero attached hydrogens (tertiary/aromatic N) is 1. The Balaban J connectivity index is 2.45. The zero-order valence-electron chi connectivity index (χ0n) is 10.0. The Kier molecular flexibility index (Phi) is 3.11. The summed E-state index contributed by atoms with van der Waals surface area (Å²) in [4.78, 5) is 16.1. The van der Waals surface area contributed by atoms with Crippen molar-refractivity contribution in [3.05, 3.63) is 39.0 Å². The molecule has 1 aromatic carbocycles. The van der Waals surface area contributed by atoms with Gasteiger partial charge in [0.1, 0.15) is 0 Å². The van der Waals surface area contributed by atoms with Crippen molar-refractivity contribution in [1.82, 2.24) is 4.98 Å². The average Bonchev–Trinajstić information content (AvgIpc) is 2.40. The molecular formula is C14H11Cl2NO2. The molecule has 5 heteroatoms. The van der Waals surface area contributed by atoms with E-state index in [1.54, 1.807) is 12.1 Å². The summed E-state index contributed by atoms with van der Waals surface area (Å²) in [7, 11) is 0. The molecule has 98 valence electrons. The van der Waals surface area contributed by atoms with Gasteiger partial charge in [0.2, 0.25) is 0 Å². The van der Waals surface area contributed by atoms with Crippen LogP contribution in [0.1, 0.15) is 34.5 Å². The van der Waals surface area contributed by atoms with Crippen molar-refractivity contribution >= 4 is 40.1 Å². The highest BCUT2D eigenvalue weighted by Gasteiger charge is 2.23. The molecule has 0 unspecified atom stereocenters. The summed E-state index contributed by atoms with van der Waals surface area (Å²) in [6, 6.07) is 3.31. The van der Waals surface area contributed by atoms with E-state index in [1.807, 2.05) is 0 Å². The first-order chi connectivity index (χ1) is 9.09. The smallest absolute Gasteiger partial charge is 0.336 e. The normalized spacial score (nSPS) is 14.4. The third kappa shape index (κ3) is 1.97. The molecule has 1 aliphatic carbocycles. The molecular weight excluding hydrogens is 285 g/mol. The van der Waals surface area contributed by atoms with Gasteiger partial charge in [0, 0.05) is 11.1 Å². The summed E-state index contributed by atoms with van der Waals surface area (Å²) in [6.07, 6.45) is 3.60. The van der Waals surface area contributed by atoms with Crippen molar-refractivity contribution in [3.8, 4) is 0 Å². The topological polar surface area (TPSA) is 50.2 Å². The van der Waals surface area contributed by atoms with E-state index in [1.165, 1.54) is 0 Å². The Hall–Kier alpha value is -1.32. The third-order valence-corrected chi connectivity index (χ3v) is 4.33. The van der Waals surface area contributed by atoms with Crippen LogP contribution in [0.4, 0.5) is 0 Å². The number of carboxylic acid groups (broad SMARTS) is 1. The van der Waals surface area contributed by atoms with Crippen LogP contribution in [0.2, 0.25) is 10.0 Å². The monoisotopic (exact) mass is 295 g/mol. The molecule has 0 atom stereocenters. The number of hydrogen-bond donors (Lipinski definition) is 1. The van der Waals surface area contributed by atoms with E-state index >= 15 is 0 Å². The van der Waals surface area contributed by atoms with Crippen LogP contribution in [0.25, 0.3) is 10.9 Å².